The van der Waals surface area contributed by atoms with Crippen LogP contribution in [0.1, 0.15) is 18.3 Å². The minimum Gasteiger partial charge on any atom is -0.269 e. The maximum atomic E-state index is 6.29. The van der Waals surface area contributed by atoms with Crippen molar-refractivity contribution in [2.75, 3.05) is 0 Å². The molecule has 0 spiro atoms. The van der Waals surface area contributed by atoms with Gasteiger partial charge in [0.15, 0.2) is 10.8 Å². The number of benzene rings is 1. The fourth-order valence-electron chi connectivity index (χ4n) is 2.84. The van der Waals surface area contributed by atoms with E-state index >= 15 is 0 Å². The van der Waals surface area contributed by atoms with Crippen LogP contribution in [0.3, 0.4) is 0 Å². The molecule has 122 valence electrons. The number of fused-ring (bicyclic) bond motifs is 1. The highest BCUT2D eigenvalue weighted by atomic mass is 35.5. The molecule has 0 aliphatic heterocycles. The summed E-state index contributed by atoms with van der Waals surface area (Å²) >= 11 is 7.80. The Kier molecular flexibility index (Phi) is 3.62. The monoisotopic (exact) mass is 358 g/mol. The average molecular weight is 359 g/mol. The molecule has 0 saturated heterocycles. The van der Waals surface area contributed by atoms with Gasteiger partial charge in [-0.1, -0.05) is 35.1 Å². The first-order valence-electron chi connectivity index (χ1n) is 7.61. The summed E-state index contributed by atoms with van der Waals surface area (Å²) in [6, 6.07) is 7.58. The van der Waals surface area contributed by atoms with Gasteiger partial charge in [0, 0.05) is 17.8 Å². The molecule has 0 atom stereocenters. The van der Waals surface area contributed by atoms with Gasteiger partial charge in [-0.05, 0) is 32.9 Å². The highest BCUT2D eigenvalue weighted by Crippen LogP contribution is 2.33. The lowest BCUT2D eigenvalue weighted by atomic mass is 10.2. The van der Waals surface area contributed by atoms with E-state index in [-0.39, 0.29) is 0 Å². The van der Waals surface area contributed by atoms with Crippen LogP contribution < -0.4 is 0 Å². The van der Waals surface area contributed by atoms with E-state index in [0.717, 1.165) is 39.0 Å². The fraction of sp³-hybridized carbons (Fsp3) is 0.250. The van der Waals surface area contributed by atoms with Crippen LogP contribution in [0, 0.1) is 13.8 Å². The summed E-state index contributed by atoms with van der Waals surface area (Å²) in [5, 5.41) is 19.3. The highest BCUT2D eigenvalue weighted by Gasteiger charge is 2.20. The summed E-state index contributed by atoms with van der Waals surface area (Å²) in [5.41, 5.74) is 3.97. The quantitative estimate of drug-likeness (QED) is 0.555. The fourth-order valence-corrected chi connectivity index (χ4v) is 4.05. The van der Waals surface area contributed by atoms with E-state index in [2.05, 4.69) is 29.1 Å². The highest BCUT2D eigenvalue weighted by molar-refractivity contribution is 7.19. The van der Waals surface area contributed by atoms with Gasteiger partial charge in [-0.3, -0.25) is 4.68 Å². The lowest BCUT2D eigenvalue weighted by Crippen LogP contribution is -1.98. The standard InChI is InChI=1S/C16H15ClN6S/c1-4-22-10(3)13(9(2)20-22)15-21-23-14(18-19-16(23)24-15)11-7-5-6-8-12(11)17/h5-8H,4H2,1-3H3. The second-order valence-corrected chi connectivity index (χ2v) is 6.83. The van der Waals surface area contributed by atoms with E-state index in [9.17, 15) is 0 Å². The predicted molar refractivity (Wildman–Crippen MR) is 95.5 cm³/mol. The maximum absolute atomic E-state index is 6.29. The number of halogens is 1. The second kappa shape index (κ2) is 5.68. The van der Waals surface area contributed by atoms with E-state index < -0.39 is 0 Å². The van der Waals surface area contributed by atoms with E-state index in [1.54, 1.807) is 4.52 Å². The van der Waals surface area contributed by atoms with Gasteiger partial charge >= 0.3 is 0 Å². The summed E-state index contributed by atoms with van der Waals surface area (Å²) in [5.74, 6) is 0.649. The Morgan fingerprint density at radius 3 is 2.62 bits per heavy atom. The third-order valence-corrected chi connectivity index (χ3v) is 5.25. The summed E-state index contributed by atoms with van der Waals surface area (Å²) in [6.45, 7) is 6.99. The normalized spacial score (nSPS) is 11.5. The summed E-state index contributed by atoms with van der Waals surface area (Å²) in [6.07, 6.45) is 0. The molecule has 24 heavy (non-hydrogen) atoms. The number of aryl methyl sites for hydroxylation is 2. The van der Waals surface area contributed by atoms with Crippen LogP contribution in [0.5, 0.6) is 0 Å². The van der Waals surface area contributed by atoms with Crippen LogP contribution in [-0.4, -0.2) is 29.6 Å². The Morgan fingerprint density at radius 1 is 1.12 bits per heavy atom. The summed E-state index contributed by atoms with van der Waals surface area (Å²) in [7, 11) is 0. The lowest BCUT2D eigenvalue weighted by Gasteiger charge is -2.00. The maximum Gasteiger partial charge on any atom is 0.235 e. The molecule has 1 aromatic carbocycles. The molecule has 3 heterocycles. The van der Waals surface area contributed by atoms with Gasteiger partial charge in [0.1, 0.15) is 0 Å². The molecule has 6 nitrogen and oxygen atoms in total. The SMILES string of the molecule is CCn1nc(C)c(-c2nn3c(-c4ccccc4Cl)nnc3s2)c1C. The van der Waals surface area contributed by atoms with E-state index in [0.29, 0.717) is 10.8 Å². The molecule has 3 aromatic heterocycles. The molecule has 0 aliphatic rings. The van der Waals surface area contributed by atoms with Gasteiger partial charge in [0.2, 0.25) is 4.96 Å². The molecule has 4 rings (SSSR count). The number of aromatic nitrogens is 6. The van der Waals surface area contributed by atoms with Gasteiger partial charge in [-0.25, -0.2) is 0 Å². The molecule has 0 aliphatic carbocycles. The molecule has 4 aromatic rings. The van der Waals surface area contributed by atoms with Crippen LogP contribution >= 0.6 is 22.9 Å². The van der Waals surface area contributed by atoms with Gasteiger partial charge < -0.3 is 0 Å². The Labute approximate surface area is 147 Å². The number of hydrogen-bond acceptors (Lipinski definition) is 5. The van der Waals surface area contributed by atoms with Crippen molar-refractivity contribution in [2.24, 2.45) is 0 Å². The average Bonchev–Trinajstić information content (AvgIpc) is 3.20. The van der Waals surface area contributed by atoms with Crippen LogP contribution in [-0.2, 0) is 6.54 Å². The van der Waals surface area contributed by atoms with E-state index in [1.165, 1.54) is 11.3 Å². The van der Waals surface area contributed by atoms with Gasteiger partial charge in [0.25, 0.3) is 0 Å². The van der Waals surface area contributed by atoms with Crippen LogP contribution in [0.4, 0.5) is 0 Å². The molecule has 0 unspecified atom stereocenters. The zero-order valence-corrected chi connectivity index (χ0v) is 15.1. The Balaban J connectivity index is 1.90. The van der Waals surface area contributed by atoms with Crippen molar-refractivity contribution in [3.8, 4) is 22.0 Å². The van der Waals surface area contributed by atoms with Gasteiger partial charge in [0.05, 0.1) is 16.3 Å². The molecular formula is C16H15ClN6S. The van der Waals surface area contributed by atoms with Crippen LogP contribution in [0.15, 0.2) is 24.3 Å². The van der Waals surface area contributed by atoms with Crippen molar-refractivity contribution < 1.29 is 0 Å². The number of nitrogens with zero attached hydrogens (tertiary/aromatic N) is 6. The van der Waals surface area contributed by atoms with E-state index in [1.807, 2.05) is 35.9 Å². The molecule has 0 radical (unpaired) electrons. The summed E-state index contributed by atoms with van der Waals surface area (Å²) < 4.78 is 3.74. The van der Waals surface area contributed by atoms with Crippen molar-refractivity contribution >= 4 is 27.9 Å². The molecule has 0 amide bonds. The number of hydrogen-bond donors (Lipinski definition) is 0. The third kappa shape index (κ3) is 2.23. The molecule has 8 heteroatoms. The van der Waals surface area contributed by atoms with Crippen molar-refractivity contribution in [3.63, 3.8) is 0 Å². The Hall–Kier alpha value is -2.25. The number of rotatable bonds is 3. The van der Waals surface area contributed by atoms with E-state index in [4.69, 9.17) is 16.7 Å². The zero-order chi connectivity index (χ0) is 16.8. The minimum atomic E-state index is 0.632. The smallest absolute Gasteiger partial charge is 0.235 e. The van der Waals surface area contributed by atoms with Gasteiger partial charge in [-0.15, -0.1) is 10.2 Å². The van der Waals surface area contributed by atoms with Crippen molar-refractivity contribution in [1.29, 1.82) is 0 Å². The molecular weight excluding hydrogens is 344 g/mol. The first-order valence-corrected chi connectivity index (χ1v) is 8.81. The largest absolute Gasteiger partial charge is 0.269 e. The molecule has 0 saturated carbocycles. The van der Waals surface area contributed by atoms with Crippen molar-refractivity contribution in [1.82, 2.24) is 29.6 Å². The molecule has 0 fully saturated rings. The minimum absolute atomic E-state index is 0.632. The van der Waals surface area contributed by atoms with Gasteiger partial charge in [-0.2, -0.15) is 14.7 Å². The first-order chi connectivity index (χ1) is 11.6. The summed E-state index contributed by atoms with van der Waals surface area (Å²) in [4.78, 5) is 0.739. The predicted octanol–water partition coefficient (Wildman–Crippen LogP) is 4.01. The van der Waals surface area contributed by atoms with Crippen molar-refractivity contribution in [2.45, 2.75) is 27.3 Å². The Bertz CT molecular complexity index is 1040. The lowest BCUT2D eigenvalue weighted by molar-refractivity contribution is 0.634. The molecule has 0 N–H and O–H groups in total. The topological polar surface area (TPSA) is 60.9 Å². The van der Waals surface area contributed by atoms with Crippen LogP contribution in [0.25, 0.3) is 26.9 Å². The first kappa shape index (κ1) is 15.3. The third-order valence-electron chi connectivity index (χ3n) is 4.00. The van der Waals surface area contributed by atoms with Crippen molar-refractivity contribution in [3.05, 3.63) is 40.7 Å². The molecule has 0 bridgehead atoms. The second-order valence-electron chi connectivity index (χ2n) is 5.47. The zero-order valence-electron chi connectivity index (χ0n) is 13.5. The van der Waals surface area contributed by atoms with Crippen LogP contribution in [0.2, 0.25) is 5.02 Å². The Morgan fingerprint density at radius 2 is 1.92 bits per heavy atom.